The summed E-state index contributed by atoms with van der Waals surface area (Å²) in [4.78, 5) is 0. The number of halogens is 2. The molecule has 0 heterocycles. The van der Waals surface area contributed by atoms with E-state index in [1.165, 1.54) is 23.0 Å². The van der Waals surface area contributed by atoms with Crippen LogP contribution in [0.25, 0.3) is 0 Å². The van der Waals surface area contributed by atoms with E-state index in [0.29, 0.717) is 26.4 Å². The maximum Gasteiger partial charge on any atom is 0.515 e. The summed E-state index contributed by atoms with van der Waals surface area (Å²) in [5.41, 5.74) is 0. The maximum absolute atomic E-state index is 11.7. The number of phosphoric acid groups is 1. The molecule has 0 aromatic carbocycles. The first-order valence-corrected chi connectivity index (χ1v) is 7.02. The fourth-order valence-corrected chi connectivity index (χ4v) is 1.65. The lowest BCUT2D eigenvalue weighted by molar-refractivity contribution is -0.0465. The van der Waals surface area contributed by atoms with Crippen LogP contribution in [-0.2, 0) is 30.9 Å². The third-order valence-electron chi connectivity index (χ3n) is 1.45. The van der Waals surface area contributed by atoms with Gasteiger partial charge >= 0.3 is 7.82 Å². The van der Waals surface area contributed by atoms with Crippen LogP contribution >= 0.6 is 30.8 Å². The highest BCUT2D eigenvalue weighted by Gasteiger charge is 2.27. The second-order valence-corrected chi connectivity index (χ2v) is 5.25. The fourth-order valence-electron chi connectivity index (χ4n) is 0.723. The van der Waals surface area contributed by atoms with E-state index in [1.54, 1.807) is 7.11 Å². The smallest absolute Gasteiger partial charge is 0.382 e. The molecule has 1 unspecified atom stereocenters. The SMILES string of the molecule is COCCOCCOCCOP(=O)(OF)OI. The number of rotatable bonds is 12. The van der Waals surface area contributed by atoms with E-state index in [9.17, 15) is 9.09 Å². The highest BCUT2D eigenvalue weighted by molar-refractivity contribution is 14.1. The van der Waals surface area contributed by atoms with Gasteiger partial charge in [-0.05, 0) is 4.53 Å². The average molecular weight is 388 g/mol. The molecule has 0 aromatic rings. The van der Waals surface area contributed by atoms with Gasteiger partial charge in [-0.3, -0.25) is 4.52 Å². The highest BCUT2D eigenvalue weighted by Crippen LogP contribution is 2.51. The summed E-state index contributed by atoms with van der Waals surface area (Å²) in [5, 5.41) is 0. The fraction of sp³-hybridized carbons (Fsp3) is 1.00. The zero-order valence-corrected chi connectivity index (χ0v) is 12.4. The zero-order valence-electron chi connectivity index (χ0n) is 9.30. The van der Waals surface area contributed by atoms with Crippen LogP contribution < -0.4 is 0 Å². The first kappa shape index (κ1) is 17.6. The van der Waals surface area contributed by atoms with Crippen LogP contribution in [0.3, 0.4) is 0 Å². The van der Waals surface area contributed by atoms with E-state index in [0.717, 1.165) is 0 Å². The molecule has 0 spiro atoms. The van der Waals surface area contributed by atoms with Gasteiger partial charge < -0.3 is 14.2 Å². The van der Waals surface area contributed by atoms with Crippen LogP contribution in [0, 0.1) is 0 Å². The molecule has 0 aliphatic rings. The van der Waals surface area contributed by atoms with Gasteiger partial charge in [0.15, 0.2) is 0 Å². The van der Waals surface area contributed by atoms with Gasteiger partial charge in [0.1, 0.15) is 23.0 Å². The second-order valence-electron chi connectivity index (χ2n) is 2.64. The van der Waals surface area contributed by atoms with E-state index in [-0.39, 0.29) is 13.2 Å². The quantitative estimate of drug-likeness (QED) is 0.288. The molecule has 0 N–H and O–H groups in total. The monoisotopic (exact) mass is 388 g/mol. The van der Waals surface area contributed by atoms with Gasteiger partial charge in [0, 0.05) is 7.11 Å². The molecule has 0 amide bonds. The van der Waals surface area contributed by atoms with Crippen LogP contribution in [-0.4, -0.2) is 46.8 Å². The molecule has 0 aromatic heterocycles. The van der Waals surface area contributed by atoms with Crippen molar-refractivity contribution in [2.45, 2.75) is 0 Å². The van der Waals surface area contributed by atoms with Crippen molar-refractivity contribution in [3.63, 3.8) is 0 Å². The van der Waals surface area contributed by atoms with E-state index < -0.39 is 7.82 Å². The largest absolute Gasteiger partial charge is 0.515 e. The Labute approximate surface area is 113 Å². The summed E-state index contributed by atoms with van der Waals surface area (Å²) in [6.45, 7) is 1.78. The van der Waals surface area contributed by atoms with Crippen molar-refractivity contribution in [1.82, 2.24) is 0 Å². The lowest BCUT2D eigenvalue weighted by Crippen LogP contribution is -2.11. The van der Waals surface area contributed by atoms with Crippen LogP contribution in [0.1, 0.15) is 0 Å². The summed E-state index contributed by atoms with van der Waals surface area (Å²) in [6.07, 6.45) is 0. The van der Waals surface area contributed by atoms with Crippen molar-refractivity contribution in [2.24, 2.45) is 0 Å². The van der Waals surface area contributed by atoms with Gasteiger partial charge in [-0.1, -0.05) is 4.73 Å². The normalized spacial score (nSPS) is 14.8. The molecule has 0 radical (unpaired) electrons. The molecule has 0 rings (SSSR count). The lowest BCUT2D eigenvalue weighted by Gasteiger charge is -2.09. The van der Waals surface area contributed by atoms with Crippen molar-refractivity contribution in [2.75, 3.05) is 46.8 Å². The van der Waals surface area contributed by atoms with E-state index >= 15 is 0 Å². The number of hydrogen-bond donors (Lipinski definition) is 0. The van der Waals surface area contributed by atoms with Gasteiger partial charge in [0.2, 0.25) is 0 Å². The Morgan fingerprint density at radius 3 is 2.06 bits per heavy atom. The first-order valence-electron chi connectivity index (χ1n) is 4.68. The maximum atomic E-state index is 11.7. The summed E-state index contributed by atoms with van der Waals surface area (Å²) >= 11 is 1.23. The molecule has 0 fully saturated rings. The van der Waals surface area contributed by atoms with Crippen molar-refractivity contribution >= 4 is 30.8 Å². The Morgan fingerprint density at radius 2 is 1.59 bits per heavy atom. The molecular weight excluding hydrogens is 373 g/mol. The first-order chi connectivity index (χ1) is 8.18. The Hall–Kier alpha value is 0.650. The van der Waals surface area contributed by atoms with Crippen LogP contribution in [0.2, 0.25) is 0 Å². The molecule has 0 saturated carbocycles. The molecule has 10 heteroatoms. The molecule has 0 aliphatic heterocycles. The summed E-state index contributed by atoms with van der Waals surface area (Å²) in [5.74, 6) is 0. The highest BCUT2D eigenvalue weighted by atomic mass is 127. The second kappa shape index (κ2) is 11.7. The molecule has 104 valence electrons. The zero-order chi connectivity index (χ0) is 13.0. The van der Waals surface area contributed by atoms with Gasteiger partial charge in [-0.2, -0.15) is 0 Å². The molecule has 7 nitrogen and oxygen atoms in total. The van der Waals surface area contributed by atoms with E-state index in [1.807, 2.05) is 0 Å². The van der Waals surface area contributed by atoms with Crippen LogP contribution in [0.5, 0.6) is 0 Å². The number of methoxy groups -OCH3 is 1. The minimum atomic E-state index is -4.06. The van der Waals surface area contributed by atoms with Gasteiger partial charge in [-0.15, -0.1) is 0 Å². The Morgan fingerprint density at radius 1 is 1.06 bits per heavy atom. The standard InChI is InChI=1S/C7H15FIO7P/c1-11-2-3-12-4-5-13-6-7-14-17(10,15-8)16-9/h2-7H2,1H3. The van der Waals surface area contributed by atoms with Crippen molar-refractivity contribution in [3.05, 3.63) is 0 Å². The Balaban J connectivity index is 3.26. The predicted molar refractivity (Wildman–Crippen MR) is 64.4 cm³/mol. The molecule has 0 aliphatic carbocycles. The minimum absolute atomic E-state index is 0.109. The molecule has 0 saturated heterocycles. The summed E-state index contributed by atoms with van der Waals surface area (Å²) in [7, 11) is -2.48. The van der Waals surface area contributed by atoms with Gasteiger partial charge in [-0.25, -0.2) is 7.42 Å². The molecular formula is C7H15FIO7P. The van der Waals surface area contributed by atoms with E-state index in [4.69, 9.17) is 14.2 Å². The van der Waals surface area contributed by atoms with Gasteiger partial charge in [0.05, 0.1) is 39.6 Å². The number of ether oxygens (including phenoxy) is 3. The minimum Gasteiger partial charge on any atom is -0.382 e. The Kier molecular flexibility index (Phi) is 12.2. The van der Waals surface area contributed by atoms with Crippen LogP contribution in [0.4, 0.5) is 4.53 Å². The Bertz CT molecular complexity index is 212. The molecule has 17 heavy (non-hydrogen) atoms. The third kappa shape index (κ3) is 10.3. The topological polar surface area (TPSA) is 72.5 Å². The average Bonchev–Trinajstić information content (AvgIpc) is 2.36. The predicted octanol–water partition coefficient (Wildman–Crippen LogP) is 2.06. The molecule has 1 atom stereocenters. The lowest BCUT2D eigenvalue weighted by atomic mass is 10.7. The number of hydrogen-bond acceptors (Lipinski definition) is 7. The van der Waals surface area contributed by atoms with Crippen molar-refractivity contribution < 1.29 is 35.4 Å². The van der Waals surface area contributed by atoms with Crippen molar-refractivity contribution in [1.29, 1.82) is 0 Å². The van der Waals surface area contributed by atoms with E-state index in [2.05, 4.69) is 12.1 Å². The van der Waals surface area contributed by atoms with Crippen molar-refractivity contribution in [3.8, 4) is 0 Å². The van der Waals surface area contributed by atoms with Crippen LogP contribution in [0.15, 0.2) is 0 Å². The third-order valence-corrected chi connectivity index (χ3v) is 3.73. The summed E-state index contributed by atoms with van der Waals surface area (Å²) in [6, 6.07) is 0. The summed E-state index contributed by atoms with van der Waals surface area (Å²) < 4.78 is 49.4. The molecule has 0 bridgehead atoms. The van der Waals surface area contributed by atoms with Gasteiger partial charge in [0.25, 0.3) is 0 Å².